The van der Waals surface area contributed by atoms with Crippen molar-refractivity contribution in [2.75, 3.05) is 6.54 Å². The molecule has 2 rings (SSSR count). The van der Waals surface area contributed by atoms with Crippen LogP contribution in [-0.2, 0) is 5.41 Å². The summed E-state index contributed by atoms with van der Waals surface area (Å²) in [5.41, 5.74) is 0.217. The first-order valence-electron chi connectivity index (χ1n) is 7.11. The van der Waals surface area contributed by atoms with Gasteiger partial charge in [-0.2, -0.15) is 0 Å². The number of rotatable bonds is 5. The van der Waals surface area contributed by atoms with Crippen molar-refractivity contribution in [3.63, 3.8) is 0 Å². The summed E-state index contributed by atoms with van der Waals surface area (Å²) in [7, 11) is 0. The predicted molar refractivity (Wildman–Crippen MR) is 103 cm³/mol. The summed E-state index contributed by atoms with van der Waals surface area (Å²) in [6.45, 7) is 10.1. The lowest BCUT2D eigenvalue weighted by Crippen LogP contribution is -2.21. The van der Waals surface area contributed by atoms with Crippen molar-refractivity contribution in [2.45, 2.75) is 45.6 Å². The van der Waals surface area contributed by atoms with E-state index in [-0.39, 0.29) is 5.41 Å². The van der Waals surface area contributed by atoms with Crippen LogP contribution in [0.15, 0.2) is 26.5 Å². The van der Waals surface area contributed by atoms with Crippen LogP contribution in [0.1, 0.15) is 54.8 Å². The fourth-order valence-electron chi connectivity index (χ4n) is 2.05. The van der Waals surface area contributed by atoms with Crippen molar-refractivity contribution >= 4 is 54.5 Å². The molecule has 116 valence electrons. The number of thiophene rings is 2. The van der Waals surface area contributed by atoms with Gasteiger partial charge >= 0.3 is 0 Å². The fourth-order valence-corrected chi connectivity index (χ4v) is 5.47. The largest absolute Gasteiger partial charge is 0.305 e. The molecule has 1 nitrogen and oxygen atoms in total. The number of hydrogen-bond acceptors (Lipinski definition) is 3. The van der Waals surface area contributed by atoms with Crippen LogP contribution in [0.5, 0.6) is 0 Å². The summed E-state index contributed by atoms with van der Waals surface area (Å²) in [5.74, 6) is 0. The Morgan fingerprint density at radius 3 is 2.33 bits per heavy atom. The minimum absolute atomic E-state index is 0.217. The third kappa shape index (κ3) is 4.41. The van der Waals surface area contributed by atoms with Crippen LogP contribution in [0.25, 0.3) is 0 Å². The highest BCUT2D eigenvalue weighted by molar-refractivity contribution is 9.13. The van der Waals surface area contributed by atoms with Crippen molar-refractivity contribution in [1.82, 2.24) is 5.32 Å². The number of hydrogen-bond donors (Lipinski definition) is 1. The zero-order valence-electron chi connectivity index (χ0n) is 12.8. The van der Waals surface area contributed by atoms with Gasteiger partial charge in [0, 0.05) is 19.1 Å². The molecular weight excluding hydrogens is 430 g/mol. The molecule has 0 amide bonds. The molecular formula is C16H21Br2NS2. The molecule has 1 N–H and O–H groups in total. The van der Waals surface area contributed by atoms with E-state index >= 15 is 0 Å². The smallest absolute Gasteiger partial charge is 0.0843 e. The minimum atomic E-state index is 0.217. The third-order valence-corrected chi connectivity index (χ3v) is 8.09. The van der Waals surface area contributed by atoms with Crippen LogP contribution in [0, 0.1) is 0 Å². The first-order valence-corrected chi connectivity index (χ1v) is 10.3. The van der Waals surface area contributed by atoms with E-state index < -0.39 is 0 Å². The third-order valence-electron chi connectivity index (χ3n) is 3.20. The Morgan fingerprint density at radius 1 is 1.14 bits per heavy atom. The Balaban J connectivity index is 2.33. The molecule has 0 spiro atoms. The Hall–Kier alpha value is 0.320. The minimum Gasteiger partial charge on any atom is -0.305 e. The average molecular weight is 451 g/mol. The molecule has 2 aromatic heterocycles. The summed E-state index contributed by atoms with van der Waals surface area (Å²) in [6, 6.07) is 7.07. The zero-order chi connectivity index (χ0) is 15.6. The van der Waals surface area contributed by atoms with Gasteiger partial charge in [0.1, 0.15) is 0 Å². The van der Waals surface area contributed by atoms with E-state index in [4.69, 9.17) is 0 Å². The molecule has 21 heavy (non-hydrogen) atoms. The SMILES string of the molecule is CCCNC(c1ccc(C(C)(C)C)s1)c1cc(Br)c(Br)s1. The highest BCUT2D eigenvalue weighted by Crippen LogP contribution is 2.40. The summed E-state index contributed by atoms with van der Waals surface area (Å²) >= 11 is 10.9. The van der Waals surface area contributed by atoms with E-state index in [1.165, 1.54) is 14.6 Å². The van der Waals surface area contributed by atoms with Crippen LogP contribution < -0.4 is 5.32 Å². The van der Waals surface area contributed by atoms with Gasteiger partial charge in [-0.25, -0.2) is 0 Å². The standard InChI is InChI=1S/C16H21Br2NS2/c1-5-8-19-14(12-9-10(17)15(18)21-12)11-6-7-13(20-11)16(2,3)4/h6-7,9,14,19H,5,8H2,1-4H3. The fraction of sp³-hybridized carbons (Fsp3) is 0.500. The number of halogens is 2. The van der Waals surface area contributed by atoms with Crippen LogP contribution in [0.2, 0.25) is 0 Å². The molecule has 2 aromatic rings. The van der Waals surface area contributed by atoms with E-state index in [1.54, 1.807) is 11.3 Å². The van der Waals surface area contributed by atoms with Crippen LogP contribution >= 0.6 is 54.5 Å². The van der Waals surface area contributed by atoms with Gasteiger partial charge < -0.3 is 5.32 Å². The Labute approximate surface area is 152 Å². The van der Waals surface area contributed by atoms with Gasteiger partial charge in [-0.05, 0) is 68.4 Å². The van der Waals surface area contributed by atoms with Gasteiger partial charge in [0.05, 0.1) is 9.83 Å². The molecule has 1 unspecified atom stereocenters. The van der Waals surface area contributed by atoms with Gasteiger partial charge in [0.15, 0.2) is 0 Å². The molecule has 0 aromatic carbocycles. The van der Waals surface area contributed by atoms with Gasteiger partial charge in [0.25, 0.3) is 0 Å². The topological polar surface area (TPSA) is 12.0 Å². The second-order valence-corrected chi connectivity index (χ2v) is 10.5. The molecule has 2 heterocycles. The van der Waals surface area contributed by atoms with E-state index in [9.17, 15) is 0 Å². The van der Waals surface area contributed by atoms with Crippen LogP contribution in [0.4, 0.5) is 0 Å². The van der Waals surface area contributed by atoms with Gasteiger partial charge in [-0.1, -0.05) is 27.7 Å². The molecule has 0 fully saturated rings. The van der Waals surface area contributed by atoms with E-state index in [0.717, 1.165) is 21.2 Å². The molecule has 0 bridgehead atoms. The van der Waals surface area contributed by atoms with E-state index in [0.29, 0.717) is 6.04 Å². The summed E-state index contributed by atoms with van der Waals surface area (Å²) in [5, 5.41) is 3.69. The second-order valence-electron chi connectivity index (χ2n) is 6.11. The molecule has 0 aliphatic carbocycles. The number of nitrogens with one attached hydrogen (secondary N) is 1. The van der Waals surface area contributed by atoms with Crippen LogP contribution in [-0.4, -0.2) is 6.54 Å². The van der Waals surface area contributed by atoms with E-state index in [2.05, 4.69) is 83.1 Å². The van der Waals surface area contributed by atoms with Crippen molar-refractivity contribution < 1.29 is 0 Å². The van der Waals surface area contributed by atoms with Gasteiger partial charge in [0.2, 0.25) is 0 Å². The Kier molecular flexibility index (Phi) is 6.11. The Morgan fingerprint density at radius 2 is 1.86 bits per heavy atom. The molecule has 0 radical (unpaired) electrons. The predicted octanol–water partition coefficient (Wildman–Crippen LogP) is 6.72. The summed E-state index contributed by atoms with van der Waals surface area (Å²) in [6.07, 6.45) is 1.14. The van der Waals surface area contributed by atoms with Crippen LogP contribution in [0.3, 0.4) is 0 Å². The second kappa shape index (κ2) is 7.26. The van der Waals surface area contributed by atoms with Crippen molar-refractivity contribution in [3.05, 3.63) is 41.1 Å². The molecule has 0 saturated carbocycles. The molecule has 1 atom stereocenters. The lowest BCUT2D eigenvalue weighted by atomic mass is 9.95. The highest BCUT2D eigenvalue weighted by Gasteiger charge is 2.22. The zero-order valence-corrected chi connectivity index (χ0v) is 17.6. The Bertz CT molecular complexity index is 576. The normalized spacial score (nSPS) is 13.6. The molecule has 0 aliphatic heterocycles. The average Bonchev–Trinajstić information content (AvgIpc) is 2.98. The summed E-state index contributed by atoms with van der Waals surface area (Å²) < 4.78 is 2.30. The van der Waals surface area contributed by atoms with Gasteiger partial charge in [-0.3, -0.25) is 0 Å². The monoisotopic (exact) mass is 449 g/mol. The first-order chi connectivity index (χ1) is 9.82. The van der Waals surface area contributed by atoms with E-state index in [1.807, 2.05) is 11.3 Å². The molecule has 5 heteroatoms. The lowest BCUT2D eigenvalue weighted by Gasteiger charge is -2.17. The maximum absolute atomic E-state index is 3.69. The lowest BCUT2D eigenvalue weighted by molar-refractivity contribution is 0.603. The molecule has 0 saturated heterocycles. The first kappa shape index (κ1) is 17.7. The van der Waals surface area contributed by atoms with Crippen molar-refractivity contribution in [3.8, 4) is 0 Å². The van der Waals surface area contributed by atoms with Crippen molar-refractivity contribution in [1.29, 1.82) is 0 Å². The quantitative estimate of drug-likeness (QED) is 0.532. The highest BCUT2D eigenvalue weighted by atomic mass is 79.9. The maximum Gasteiger partial charge on any atom is 0.0843 e. The van der Waals surface area contributed by atoms with Gasteiger partial charge in [-0.15, -0.1) is 22.7 Å². The molecule has 0 aliphatic rings. The van der Waals surface area contributed by atoms with Crippen molar-refractivity contribution in [2.24, 2.45) is 0 Å². The summed E-state index contributed by atoms with van der Waals surface area (Å²) in [4.78, 5) is 4.19. The maximum atomic E-state index is 3.69.